The molecule has 2 heteroatoms. The fourth-order valence-electron chi connectivity index (χ4n) is 2.81. The third kappa shape index (κ3) is 5.58. The summed E-state index contributed by atoms with van der Waals surface area (Å²) < 4.78 is 0. The first-order chi connectivity index (χ1) is 7.76. The SMILES string of the molecule is CCCC(C)CC(CC1CCSCC1)NC. The first-order valence-electron chi connectivity index (χ1n) is 7.01. The highest BCUT2D eigenvalue weighted by Crippen LogP contribution is 2.28. The monoisotopic (exact) mass is 243 g/mol. The van der Waals surface area contributed by atoms with Crippen molar-refractivity contribution in [3.8, 4) is 0 Å². The van der Waals surface area contributed by atoms with Gasteiger partial charge in [-0.25, -0.2) is 0 Å². The minimum atomic E-state index is 0.759. The summed E-state index contributed by atoms with van der Waals surface area (Å²) in [5, 5.41) is 3.53. The summed E-state index contributed by atoms with van der Waals surface area (Å²) in [6.07, 6.45) is 8.39. The van der Waals surface area contributed by atoms with Gasteiger partial charge >= 0.3 is 0 Å². The fraction of sp³-hybridized carbons (Fsp3) is 1.00. The lowest BCUT2D eigenvalue weighted by molar-refractivity contribution is 0.323. The van der Waals surface area contributed by atoms with E-state index in [-0.39, 0.29) is 0 Å². The van der Waals surface area contributed by atoms with Gasteiger partial charge in [0.1, 0.15) is 0 Å². The highest BCUT2D eigenvalue weighted by atomic mass is 32.2. The first kappa shape index (κ1) is 14.4. The van der Waals surface area contributed by atoms with Crippen LogP contribution in [0.1, 0.15) is 52.4 Å². The number of hydrogen-bond acceptors (Lipinski definition) is 2. The summed E-state index contributed by atoms with van der Waals surface area (Å²) in [5.74, 6) is 4.67. The van der Waals surface area contributed by atoms with Crippen LogP contribution in [0.2, 0.25) is 0 Å². The van der Waals surface area contributed by atoms with Crippen LogP contribution < -0.4 is 5.32 Å². The molecule has 0 aromatic heterocycles. The van der Waals surface area contributed by atoms with E-state index in [1.807, 2.05) is 0 Å². The van der Waals surface area contributed by atoms with Gasteiger partial charge in [-0.15, -0.1) is 0 Å². The van der Waals surface area contributed by atoms with E-state index in [0.717, 1.165) is 17.9 Å². The largest absolute Gasteiger partial charge is 0.317 e. The Labute approximate surface area is 106 Å². The van der Waals surface area contributed by atoms with Crippen molar-refractivity contribution in [3.63, 3.8) is 0 Å². The highest BCUT2D eigenvalue weighted by Gasteiger charge is 2.19. The predicted octanol–water partition coefficient (Wildman–Crippen LogP) is 3.93. The van der Waals surface area contributed by atoms with E-state index in [4.69, 9.17) is 0 Å². The molecule has 1 fully saturated rings. The average molecular weight is 243 g/mol. The Bertz CT molecular complexity index is 166. The molecule has 0 aliphatic carbocycles. The van der Waals surface area contributed by atoms with Gasteiger partial charge in [-0.3, -0.25) is 0 Å². The molecule has 1 aliphatic heterocycles. The van der Waals surface area contributed by atoms with Crippen LogP contribution >= 0.6 is 11.8 Å². The lowest BCUT2D eigenvalue weighted by Gasteiger charge is -2.27. The second-order valence-electron chi connectivity index (χ2n) is 5.41. The summed E-state index contributed by atoms with van der Waals surface area (Å²) >= 11 is 2.13. The zero-order valence-corrected chi connectivity index (χ0v) is 12.1. The molecule has 1 nitrogen and oxygen atoms in total. The molecule has 1 N–H and O–H groups in total. The van der Waals surface area contributed by atoms with Crippen LogP contribution in [0.3, 0.4) is 0 Å². The summed E-state index contributed by atoms with van der Waals surface area (Å²) in [5.41, 5.74) is 0. The van der Waals surface area contributed by atoms with Crippen LogP contribution in [0.5, 0.6) is 0 Å². The molecule has 0 radical (unpaired) electrons. The van der Waals surface area contributed by atoms with Crippen LogP contribution in [-0.4, -0.2) is 24.6 Å². The molecule has 0 aromatic rings. The maximum atomic E-state index is 3.53. The average Bonchev–Trinajstić information content (AvgIpc) is 2.30. The van der Waals surface area contributed by atoms with Gasteiger partial charge in [0.15, 0.2) is 0 Å². The first-order valence-corrected chi connectivity index (χ1v) is 8.16. The highest BCUT2D eigenvalue weighted by molar-refractivity contribution is 7.99. The van der Waals surface area contributed by atoms with Crippen LogP contribution in [-0.2, 0) is 0 Å². The minimum Gasteiger partial charge on any atom is -0.317 e. The third-order valence-electron chi connectivity index (χ3n) is 3.84. The predicted molar refractivity (Wildman–Crippen MR) is 76.2 cm³/mol. The molecule has 0 aromatic carbocycles. The second-order valence-corrected chi connectivity index (χ2v) is 6.63. The Morgan fingerprint density at radius 2 is 2.00 bits per heavy atom. The van der Waals surface area contributed by atoms with Crippen LogP contribution in [0.4, 0.5) is 0 Å². The van der Waals surface area contributed by atoms with Crippen LogP contribution in [0.15, 0.2) is 0 Å². The normalized spacial score (nSPS) is 21.9. The Morgan fingerprint density at radius 3 is 2.56 bits per heavy atom. The second kappa shape index (κ2) is 8.41. The van der Waals surface area contributed by atoms with Gasteiger partial charge < -0.3 is 5.32 Å². The molecule has 2 atom stereocenters. The topological polar surface area (TPSA) is 12.0 Å². The molecule has 96 valence electrons. The van der Waals surface area contributed by atoms with E-state index in [1.54, 1.807) is 0 Å². The summed E-state index contributed by atoms with van der Waals surface area (Å²) in [4.78, 5) is 0. The van der Waals surface area contributed by atoms with Crippen molar-refractivity contribution in [2.75, 3.05) is 18.6 Å². The number of rotatable bonds is 7. The maximum Gasteiger partial charge on any atom is 0.00692 e. The van der Waals surface area contributed by atoms with E-state index in [0.29, 0.717) is 0 Å². The van der Waals surface area contributed by atoms with Gasteiger partial charge in [0.2, 0.25) is 0 Å². The minimum absolute atomic E-state index is 0.759. The summed E-state index contributed by atoms with van der Waals surface area (Å²) in [6.45, 7) is 4.70. The number of hydrogen-bond donors (Lipinski definition) is 1. The van der Waals surface area contributed by atoms with Gasteiger partial charge in [-0.2, -0.15) is 11.8 Å². The van der Waals surface area contributed by atoms with Crippen molar-refractivity contribution in [2.45, 2.75) is 58.4 Å². The van der Waals surface area contributed by atoms with Gasteiger partial charge in [0, 0.05) is 6.04 Å². The van der Waals surface area contributed by atoms with E-state index in [2.05, 4.69) is 38.0 Å². The van der Waals surface area contributed by atoms with Gasteiger partial charge in [-0.05, 0) is 56.1 Å². The van der Waals surface area contributed by atoms with Gasteiger partial charge in [-0.1, -0.05) is 26.7 Å². The lowest BCUT2D eigenvalue weighted by atomic mass is 9.88. The molecule has 16 heavy (non-hydrogen) atoms. The lowest BCUT2D eigenvalue weighted by Crippen LogP contribution is -2.30. The summed E-state index contributed by atoms with van der Waals surface area (Å²) in [7, 11) is 2.14. The van der Waals surface area contributed by atoms with Gasteiger partial charge in [0.05, 0.1) is 0 Å². The van der Waals surface area contributed by atoms with E-state index < -0.39 is 0 Å². The molecule has 0 spiro atoms. The standard InChI is InChI=1S/C14H29NS/c1-4-5-12(2)10-14(15-3)11-13-6-8-16-9-7-13/h12-15H,4-11H2,1-3H3. The zero-order chi connectivity index (χ0) is 11.8. The van der Waals surface area contributed by atoms with Crippen LogP contribution in [0, 0.1) is 11.8 Å². The van der Waals surface area contributed by atoms with Crippen molar-refractivity contribution in [2.24, 2.45) is 11.8 Å². The Morgan fingerprint density at radius 1 is 1.31 bits per heavy atom. The van der Waals surface area contributed by atoms with Crippen molar-refractivity contribution in [1.82, 2.24) is 5.32 Å². The Balaban J connectivity index is 2.24. The van der Waals surface area contributed by atoms with Crippen molar-refractivity contribution in [1.29, 1.82) is 0 Å². The number of thioether (sulfide) groups is 1. The maximum absolute atomic E-state index is 3.53. The molecule has 1 heterocycles. The summed E-state index contributed by atoms with van der Waals surface area (Å²) in [6, 6.07) is 0.759. The molecular weight excluding hydrogens is 214 g/mol. The fourth-order valence-corrected chi connectivity index (χ4v) is 4.02. The molecular formula is C14H29NS. The molecule has 1 aliphatic rings. The quantitative estimate of drug-likeness (QED) is 0.727. The van der Waals surface area contributed by atoms with E-state index in [1.165, 1.54) is 50.0 Å². The molecule has 1 rings (SSSR count). The molecule has 2 unspecified atom stereocenters. The molecule has 0 bridgehead atoms. The van der Waals surface area contributed by atoms with Crippen molar-refractivity contribution >= 4 is 11.8 Å². The molecule has 1 saturated heterocycles. The molecule has 0 saturated carbocycles. The van der Waals surface area contributed by atoms with E-state index >= 15 is 0 Å². The number of nitrogens with one attached hydrogen (secondary N) is 1. The van der Waals surface area contributed by atoms with Crippen LogP contribution in [0.25, 0.3) is 0 Å². The van der Waals surface area contributed by atoms with Gasteiger partial charge in [0.25, 0.3) is 0 Å². The van der Waals surface area contributed by atoms with Crippen molar-refractivity contribution < 1.29 is 0 Å². The molecule has 0 amide bonds. The zero-order valence-electron chi connectivity index (χ0n) is 11.3. The van der Waals surface area contributed by atoms with E-state index in [9.17, 15) is 0 Å². The van der Waals surface area contributed by atoms with Crippen molar-refractivity contribution in [3.05, 3.63) is 0 Å². The third-order valence-corrected chi connectivity index (χ3v) is 4.88. The Hall–Kier alpha value is 0.310. The Kier molecular flexibility index (Phi) is 7.55. The smallest absolute Gasteiger partial charge is 0.00692 e.